The predicted octanol–water partition coefficient (Wildman–Crippen LogP) is 3.83. The smallest absolute Gasteiger partial charge is 0.129 e. The number of halogens is 3. The highest BCUT2D eigenvalue weighted by molar-refractivity contribution is 6.31. The van der Waals surface area contributed by atoms with Crippen LogP contribution in [0.4, 0.5) is 4.39 Å². The first-order valence-corrected chi connectivity index (χ1v) is 6.26. The maximum Gasteiger partial charge on any atom is 0.129 e. The van der Waals surface area contributed by atoms with Gasteiger partial charge in [-0.25, -0.2) is 4.39 Å². The molecular weight excluding hydrogens is 248 g/mol. The fourth-order valence-electron chi connectivity index (χ4n) is 1.43. The van der Waals surface area contributed by atoms with E-state index in [0.717, 1.165) is 13.0 Å². The SMILES string of the molecule is CC(CCCl)CNCc1c(F)cccc1Cl. The zero-order valence-electron chi connectivity index (χ0n) is 9.27. The lowest BCUT2D eigenvalue weighted by Gasteiger charge is -2.12. The van der Waals surface area contributed by atoms with Crippen molar-refractivity contribution in [1.82, 2.24) is 5.32 Å². The molecule has 0 heterocycles. The number of alkyl halides is 1. The van der Waals surface area contributed by atoms with E-state index in [1.807, 2.05) is 0 Å². The van der Waals surface area contributed by atoms with Gasteiger partial charge in [-0.3, -0.25) is 0 Å². The van der Waals surface area contributed by atoms with Gasteiger partial charge in [0.1, 0.15) is 5.82 Å². The van der Waals surface area contributed by atoms with Gasteiger partial charge in [-0.1, -0.05) is 24.6 Å². The van der Waals surface area contributed by atoms with Crippen LogP contribution in [0.5, 0.6) is 0 Å². The summed E-state index contributed by atoms with van der Waals surface area (Å²) in [7, 11) is 0. The quantitative estimate of drug-likeness (QED) is 0.770. The van der Waals surface area contributed by atoms with Crippen molar-refractivity contribution in [2.24, 2.45) is 5.92 Å². The molecule has 4 heteroatoms. The predicted molar refractivity (Wildman–Crippen MR) is 67.6 cm³/mol. The molecule has 0 saturated heterocycles. The highest BCUT2D eigenvalue weighted by Crippen LogP contribution is 2.18. The van der Waals surface area contributed by atoms with Crippen molar-refractivity contribution in [3.8, 4) is 0 Å². The number of hydrogen-bond donors (Lipinski definition) is 1. The molecule has 16 heavy (non-hydrogen) atoms. The van der Waals surface area contributed by atoms with E-state index in [1.165, 1.54) is 6.07 Å². The molecule has 1 aromatic rings. The fraction of sp³-hybridized carbons (Fsp3) is 0.500. The summed E-state index contributed by atoms with van der Waals surface area (Å²) in [5.74, 6) is 0.886. The van der Waals surface area contributed by atoms with Crippen molar-refractivity contribution in [3.05, 3.63) is 34.6 Å². The van der Waals surface area contributed by atoms with Gasteiger partial charge in [-0.15, -0.1) is 11.6 Å². The van der Waals surface area contributed by atoms with Gasteiger partial charge in [-0.2, -0.15) is 0 Å². The van der Waals surface area contributed by atoms with E-state index >= 15 is 0 Å². The fourth-order valence-corrected chi connectivity index (χ4v) is 2.04. The number of benzene rings is 1. The van der Waals surface area contributed by atoms with Crippen LogP contribution in [-0.2, 0) is 6.54 Å². The average molecular weight is 264 g/mol. The van der Waals surface area contributed by atoms with E-state index in [2.05, 4.69) is 12.2 Å². The molecule has 0 aliphatic heterocycles. The maximum absolute atomic E-state index is 13.4. The van der Waals surface area contributed by atoms with Crippen molar-refractivity contribution in [3.63, 3.8) is 0 Å². The van der Waals surface area contributed by atoms with Gasteiger partial charge in [0.15, 0.2) is 0 Å². The molecule has 0 aromatic heterocycles. The minimum Gasteiger partial charge on any atom is -0.312 e. The molecular formula is C12H16Cl2FN. The van der Waals surface area contributed by atoms with Gasteiger partial charge >= 0.3 is 0 Å². The summed E-state index contributed by atoms with van der Waals surface area (Å²) in [6, 6.07) is 4.73. The van der Waals surface area contributed by atoms with Crippen LogP contribution in [0.2, 0.25) is 5.02 Å². The lowest BCUT2D eigenvalue weighted by molar-refractivity contribution is 0.494. The Balaban J connectivity index is 2.43. The Hall–Kier alpha value is -0.310. The third-order valence-corrected chi connectivity index (χ3v) is 3.03. The second-order valence-electron chi connectivity index (χ2n) is 3.91. The highest BCUT2D eigenvalue weighted by atomic mass is 35.5. The highest BCUT2D eigenvalue weighted by Gasteiger charge is 2.07. The van der Waals surface area contributed by atoms with Crippen LogP contribution in [0.3, 0.4) is 0 Å². The summed E-state index contributed by atoms with van der Waals surface area (Å²) >= 11 is 11.5. The molecule has 1 atom stereocenters. The third kappa shape index (κ3) is 4.28. The Morgan fingerprint density at radius 3 is 2.81 bits per heavy atom. The Kier molecular flexibility index (Phi) is 6.10. The van der Waals surface area contributed by atoms with Crippen LogP contribution in [0.25, 0.3) is 0 Å². The minimum atomic E-state index is -0.259. The molecule has 1 N–H and O–H groups in total. The number of hydrogen-bond acceptors (Lipinski definition) is 1. The monoisotopic (exact) mass is 263 g/mol. The van der Waals surface area contributed by atoms with E-state index in [-0.39, 0.29) is 5.82 Å². The summed E-state index contributed by atoms with van der Waals surface area (Å²) in [6.45, 7) is 3.38. The van der Waals surface area contributed by atoms with Gasteiger partial charge in [-0.05, 0) is 31.0 Å². The summed E-state index contributed by atoms with van der Waals surface area (Å²) in [5, 5.41) is 3.65. The molecule has 0 radical (unpaired) electrons. The Morgan fingerprint density at radius 2 is 2.19 bits per heavy atom. The zero-order chi connectivity index (χ0) is 12.0. The topological polar surface area (TPSA) is 12.0 Å². The van der Waals surface area contributed by atoms with E-state index in [4.69, 9.17) is 23.2 Å². The average Bonchev–Trinajstić information content (AvgIpc) is 2.23. The molecule has 0 amide bonds. The molecule has 0 saturated carbocycles. The molecule has 1 unspecified atom stereocenters. The van der Waals surface area contributed by atoms with E-state index in [1.54, 1.807) is 12.1 Å². The van der Waals surface area contributed by atoms with Crippen LogP contribution in [-0.4, -0.2) is 12.4 Å². The summed E-state index contributed by atoms with van der Waals surface area (Å²) in [5.41, 5.74) is 0.530. The van der Waals surface area contributed by atoms with Crippen LogP contribution in [0.15, 0.2) is 18.2 Å². The molecule has 0 fully saturated rings. The lowest BCUT2D eigenvalue weighted by atomic mass is 10.1. The van der Waals surface area contributed by atoms with Crippen molar-refractivity contribution in [2.45, 2.75) is 19.9 Å². The molecule has 90 valence electrons. The first-order chi connectivity index (χ1) is 7.65. The molecule has 0 aliphatic rings. The maximum atomic E-state index is 13.4. The Bertz CT molecular complexity index is 311. The van der Waals surface area contributed by atoms with Gasteiger partial charge in [0.25, 0.3) is 0 Å². The van der Waals surface area contributed by atoms with Crippen LogP contribution >= 0.6 is 23.2 Å². The van der Waals surface area contributed by atoms with E-state index in [0.29, 0.717) is 28.9 Å². The minimum absolute atomic E-state index is 0.259. The van der Waals surface area contributed by atoms with Crippen LogP contribution in [0.1, 0.15) is 18.9 Å². The van der Waals surface area contributed by atoms with Gasteiger partial charge < -0.3 is 5.32 Å². The zero-order valence-corrected chi connectivity index (χ0v) is 10.8. The van der Waals surface area contributed by atoms with E-state index < -0.39 is 0 Å². The molecule has 0 aliphatic carbocycles. The van der Waals surface area contributed by atoms with Gasteiger partial charge in [0.2, 0.25) is 0 Å². The van der Waals surface area contributed by atoms with Crippen LogP contribution in [0, 0.1) is 11.7 Å². The Morgan fingerprint density at radius 1 is 1.44 bits per heavy atom. The molecule has 1 rings (SSSR count). The number of nitrogens with one attached hydrogen (secondary N) is 1. The van der Waals surface area contributed by atoms with Crippen LogP contribution < -0.4 is 5.32 Å². The van der Waals surface area contributed by atoms with Gasteiger partial charge in [0.05, 0.1) is 0 Å². The first kappa shape index (κ1) is 13.8. The number of rotatable bonds is 6. The molecule has 1 aromatic carbocycles. The van der Waals surface area contributed by atoms with Gasteiger partial charge in [0, 0.05) is 23.0 Å². The normalized spacial score (nSPS) is 12.8. The second-order valence-corrected chi connectivity index (χ2v) is 4.70. The lowest BCUT2D eigenvalue weighted by Crippen LogP contribution is -2.21. The second kappa shape index (κ2) is 7.10. The molecule has 0 spiro atoms. The largest absolute Gasteiger partial charge is 0.312 e. The molecule has 1 nitrogen and oxygen atoms in total. The first-order valence-electron chi connectivity index (χ1n) is 5.34. The summed E-state index contributed by atoms with van der Waals surface area (Å²) in [4.78, 5) is 0. The van der Waals surface area contributed by atoms with Crippen molar-refractivity contribution in [2.75, 3.05) is 12.4 Å². The van der Waals surface area contributed by atoms with Crippen molar-refractivity contribution in [1.29, 1.82) is 0 Å². The van der Waals surface area contributed by atoms with Crippen molar-refractivity contribution < 1.29 is 4.39 Å². The Labute approximate surface area is 106 Å². The summed E-state index contributed by atoms with van der Waals surface area (Å²) in [6.07, 6.45) is 0.958. The van der Waals surface area contributed by atoms with Crippen molar-refractivity contribution >= 4 is 23.2 Å². The standard InChI is InChI=1S/C12H16Cl2FN/c1-9(5-6-13)7-16-8-10-11(14)3-2-4-12(10)15/h2-4,9,16H,5-8H2,1H3. The summed E-state index contributed by atoms with van der Waals surface area (Å²) < 4.78 is 13.4. The molecule has 0 bridgehead atoms. The van der Waals surface area contributed by atoms with E-state index in [9.17, 15) is 4.39 Å². The third-order valence-electron chi connectivity index (χ3n) is 2.46.